The van der Waals surface area contributed by atoms with E-state index >= 15 is 0 Å². The zero-order valence-electron chi connectivity index (χ0n) is 17.6. The number of methoxy groups -OCH3 is 1. The Hall–Kier alpha value is -3.00. The number of rotatable bonds is 9. The van der Waals surface area contributed by atoms with Crippen LogP contribution in [0.5, 0.6) is 11.5 Å². The summed E-state index contributed by atoms with van der Waals surface area (Å²) in [5, 5.41) is 12.0. The lowest BCUT2D eigenvalue weighted by Gasteiger charge is -2.10. The SMILES string of the molecule is COc1ccccc1OCCSc1nnc(CC(=O)Nc2ccc(C)c(C)c2)n1C. The summed E-state index contributed by atoms with van der Waals surface area (Å²) >= 11 is 1.53. The number of anilines is 1. The average molecular weight is 427 g/mol. The van der Waals surface area contributed by atoms with Gasteiger partial charge >= 0.3 is 0 Å². The highest BCUT2D eigenvalue weighted by Gasteiger charge is 2.14. The highest BCUT2D eigenvalue weighted by atomic mass is 32.2. The van der Waals surface area contributed by atoms with Gasteiger partial charge in [-0.1, -0.05) is 30.0 Å². The molecule has 7 nitrogen and oxygen atoms in total. The van der Waals surface area contributed by atoms with E-state index in [0.29, 0.717) is 29.7 Å². The zero-order chi connectivity index (χ0) is 21.5. The molecule has 1 N–H and O–H groups in total. The molecule has 0 saturated carbocycles. The van der Waals surface area contributed by atoms with Gasteiger partial charge in [-0.25, -0.2) is 0 Å². The Morgan fingerprint density at radius 2 is 1.87 bits per heavy atom. The fraction of sp³-hybridized carbons (Fsp3) is 0.318. The predicted molar refractivity (Wildman–Crippen MR) is 118 cm³/mol. The second-order valence-corrected chi connectivity index (χ2v) is 7.89. The van der Waals surface area contributed by atoms with Crippen molar-refractivity contribution in [2.45, 2.75) is 25.4 Å². The van der Waals surface area contributed by atoms with Gasteiger partial charge in [0.2, 0.25) is 5.91 Å². The minimum absolute atomic E-state index is 0.121. The van der Waals surface area contributed by atoms with Crippen molar-refractivity contribution in [2.24, 2.45) is 7.05 Å². The van der Waals surface area contributed by atoms with Gasteiger partial charge in [0.05, 0.1) is 20.1 Å². The van der Waals surface area contributed by atoms with E-state index in [-0.39, 0.29) is 12.3 Å². The molecule has 1 amide bonds. The third-order valence-corrected chi connectivity index (χ3v) is 5.66. The standard InChI is InChI=1S/C22H26N4O3S/c1-15-9-10-17(13-16(15)2)23-21(27)14-20-24-25-22(26(20)3)30-12-11-29-19-8-6-5-7-18(19)28-4/h5-10,13H,11-12,14H2,1-4H3,(H,23,27). The molecule has 0 fully saturated rings. The van der Waals surface area contributed by atoms with E-state index in [1.165, 1.54) is 17.3 Å². The van der Waals surface area contributed by atoms with E-state index in [2.05, 4.69) is 15.5 Å². The minimum atomic E-state index is -0.121. The summed E-state index contributed by atoms with van der Waals surface area (Å²) in [6, 6.07) is 13.4. The highest BCUT2D eigenvalue weighted by molar-refractivity contribution is 7.99. The van der Waals surface area contributed by atoms with E-state index in [4.69, 9.17) is 9.47 Å². The lowest BCUT2D eigenvalue weighted by molar-refractivity contribution is -0.115. The number of para-hydroxylation sites is 2. The first-order valence-corrected chi connectivity index (χ1v) is 10.6. The van der Waals surface area contributed by atoms with Crippen LogP contribution in [0.2, 0.25) is 0 Å². The van der Waals surface area contributed by atoms with Crippen molar-refractivity contribution in [1.82, 2.24) is 14.8 Å². The van der Waals surface area contributed by atoms with Crippen LogP contribution in [0.1, 0.15) is 17.0 Å². The van der Waals surface area contributed by atoms with Gasteiger partial charge in [0.25, 0.3) is 0 Å². The van der Waals surface area contributed by atoms with Gasteiger partial charge in [-0.2, -0.15) is 0 Å². The van der Waals surface area contributed by atoms with Crippen LogP contribution in [0.4, 0.5) is 5.69 Å². The lowest BCUT2D eigenvalue weighted by atomic mass is 10.1. The number of ether oxygens (including phenoxy) is 2. The van der Waals surface area contributed by atoms with Crippen molar-refractivity contribution in [3.63, 3.8) is 0 Å². The van der Waals surface area contributed by atoms with Crippen LogP contribution in [0, 0.1) is 13.8 Å². The Bertz CT molecular complexity index is 1020. The molecule has 158 valence electrons. The second kappa shape index (κ2) is 10.2. The molecule has 0 aliphatic rings. The Kier molecular flexibility index (Phi) is 7.35. The maximum absolute atomic E-state index is 12.4. The van der Waals surface area contributed by atoms with E-state index in [1.807, 2.05) is 67.9 Å². The maximum Gasteiger partial charge on any atom is 0.232 e. The Balaban J connectivity index is 1.50. The van der Waals surface area contributed by atoms with E-state index < -0.39 is 0 Å². The third-order valence-electron chi connectivity index (χ3n) is 4.68. The van der Waals surface area contributed by atoms with E-state index in [0.717, 1.165) is 16.4 Å². The Morgan fingerprint density at radius 3 is 2.60 bits per heavy atom. The second-order valence-electron chi connectivity index (χ2n) is 6.83. The fourth-order valence-corrected chi connectivity index (χ4v) is 3.56. The average Bonchev–Trinajstić information content (AvgIpc) is 3.07. The summed E-state index contributed by atoms with van der Waals surface area (Å²) in [5.74, 6) is 2.61. The highest BCUT2D eigenvalue weighted by Crippen LogP contribution is 2.26. The molecule has 0 radical (unpaired) electrons. The smallest absolute Gasteiger partial charge is 0.232 e. The number of carbonyl (C=O) groups is 1. The monoisotopic (exact) mass is 426 g/mol. The summed E-state index contributed by atoms with van der Waals surface area (Å²) in [6.07, 6.45) is 0.161. The zero-order valence-corrected chi connectivity index (χ0v) is 18.5. The molecular weight excluding hydrogens is 400 g/mol. The first-order chi connectivity index (χ1) is 14.5. The number of benzene rings is 2. The molecule has 30 heavy (non-hydrogen) atoms. The molecule has 0 spiro atoms. The van der Waals surface area contributed by atoms with Crippen LogP contribution < -0.4 is 14.8 Å². The van der Waals surface area contributed by atoms with Gasteiger partial charge in [0.1, 0.15) is 5.82 Å². The molecule has 0 aliphatic heterocycles. The van der Waals surface area contributed by atoms with Crippen molar-refractivity contribution >= 4 is 23.4 Å². The van der Waals surface area contributed by atoms with Crippen molar-refractivity contribution in [1.29, 1.82) is 0 Å². The van der Waals surface area contributed by atoms with Crippen LogP contribution in [0.25, 0.3) is 0 Å². The summed E-state index contributed by atoms with van der Waals surface area (Å²) in [7, 11) is 3.48. The molecule has 1 heterocycles. The van der Waals surface area contributed by atoms with Gasteiger partial charge < -0.3 is 19.4 Å². The van der Waals surface area contributed by atoms with Crippen LogP contribution >= 0.6 is 11.8 Å². The first-order valence-electron chi connectivity index (χ1n) is 9.62. The van der Waals surface area contributed by atoms with Crippen molar-refractivity contribution in [3.05, 3.63) is 59.4 Å². The number of hydrogen-bond donors (Lipinski definition) is 1. The van der Waals surface area contributed by atoms with Gasteiger partial charge in [-0.05, 0) is 49.2 Å². The molecule has 8 heteroatoms. The van der Waals surface area contributed by atoms with Gasteiger partial charge in [0, 0.05) is 18.5 Å². The van der Waals surface area contributed by atoms with Crippen LogP contribution in [-0.4, -0.2) is 40.1 Å². The summed E-state index contributed by atoms with van der Waals surface area (Å²) < 4.78 is 12.9. The van der Waals surface area contributed by atoms with Crippen LogP contribution in [0.15, 0.2) is 47.6 Å². The minimum Gasteiger partial charge on any atom is -0.493 e. The molecule has 3 rings (SSSR count). The number of aryl methyl sites for hydroxylation is 2. The number of thioether (sulfide) groups is 1. The van der Waals surface area contributed by atoms with E-state index in [1.54, 1.807) is 7.11 Å². The number of nitrogens with zero attached hydrogens (tertiary/aromatic N) is 3. The molecule has 3 aromatic rings. The number of carbonyl (C=O) groups excluding carboxylic acids is 1. The third kappa shape index (κ3) is 5.54. The van der Waals surface area contributed by atoms with Gasteiger partial charge in [0.15, 0.2) is 16.7 Å². The van der Waals surface area contributed by atoms with Gasteiger partial charge in [-0.3, -0.25) is 4.79 Å². The maximum atomic E-state index is 12.4. The van der Waals surface area contributed by atoms with Crippen LogP contribution in [0.3, 0.4) is 0 Å². The first kappa shape index (κ1) is 21.7. The van der Waals surface area contributed by atoms with Crippen molar-refractivity contribution < 1.29 is 14.3 Å². The van der Waals surface area contributed by atoms with Crippen LogP contribution in [-0.2, 0) is 18.3 Å². The quantitative estimate of drug-likeness (QED) is 0.414. The molecule has 0 atom stereocenters. The number of nitrogens with one attached hydrogen (secondary N) is 1. The predicted octanol–water partition coefficient (Wildman–Crippen LogP) is 3.79. The molecule has 0 unspecified atom stereocenters. The molecule has 0 aliphatic carbocycles. The van der Waals surface area contributed by atoms with Crippen molar-refractivity contribution in [3.8, 4) is 11.5 Å². The molecule has 0 saturated heterocycles. The topological polar surface area (TPSA) is 78.3 Å². The largest absolute Gasteiger partial charge is 0.493 e. The Labute approximate surface area is 180 Å². The van der Waals surface area contributed by atoms with Gasteiger partial charge in [-0.15, -0.1) is 10.2 Å². The normalized spacial score (nSPS) is 10.7. The summed E-state index contributed by atoms with van der Waals surface area (Å²) in [6.45, 7) is 4.57. The number of aromatic nitrogens is 3. The molecule has 1 aromatic heterocycles. The number of amides is 1. The summed E-state index contributed by atoms with van der Waals surface area (Å²) in [5.41, 5.74) is 3.12. The molecular formula is C22H26N4O3S. The fourth-order valence-electron chi connectivity index (χ4n) is 2.82. The number of hydrogen-bond acceptors (Lipinski definition) is 6. The molecule has 0 bridgehead atoms. The molecule has 2 aromatic carbocycles. The van der Waals surface area contributed by atoms with Crippen molar-refractivity contribution in [2.75, 3.05) is 24.8 Å². The summed E-state index contributed by atoms with van der Waals surface area (Å²) in [4.78, 5) is 12.4. The van der Waals surface area contributed by atoms with E-state index in [9.17, 15) is 4.79 Å². The lowest BCUT2D eigenvalue weighted by Crippen LogP contribution is -2.17. The Morgan fingerprint density at radius 1 is 1.10 bits per heavy atom.